The molecule has 7 heteroatoms. The number of likely N-dealkylation sites (tertiary alicyclic amines) is 1. The summed E-state index contributed by atoms with van der Waals surface area (Å²) in [6.45, 7) is 6.71. The molecule has 0 aliphatic carbocycles. The van der Waals surface area contributed by atoms with E-state index in [0.717, 1.165) is 12.8 Å². The van der Waals surface area contributed by atoms with Gasteiger partial charge in [0.25, 0.3) is 0 Å². The lowest BCUT2D eigenvalue weighted by Crippen LogP contribution is -2.49. The summed E-state index contributed by atoms with van der Waals surface area (Å²) in [5.41, 5.74) is 0. The molecular formula is C14H23N3O4. The number of urea groups is 1. The van der Waals surface area contributed by atoms with Gasteiger partial charge >= 0.3 is 12.0 Å². The lowest BCUT2D eigenvalue weighted by atomic mass is 9.97. The van der Waals surface area contributed by atoms with E-state index in [1.54, 1.807) is 4.90 Å². The molecule has 0 aromatic carbocycles. The molecule has 0 spiro atoms. The Morgan fingerprint density at radius 2 is 2.00 bits per heavy atom. The fourth-order valence-corrected chi connectivity index (χ4v) is 2.35. The van der Waals surface area contributed by atoms with Crippen molar-refractivity contribution in [1.29, 1.82) is 0 Å². The van der Waals surface area contributed by atoms with E-state index in [9.17, 15) is 14.4 Å². The number of nitrogens with one attached hydrogen (secondary N) is 1. The smallest absolute Gasteiger partial charge is 0.323 e. The molecule has 0 atom stereocenters. The molecule has 1 saturated heterocycles. The van der Waals surface area contributed by atoms with Crippen LogP contribution in [-0.4, -0.2) is 65.5 Å². The molecule has 0 aromatic heterocycles. The molecule has 118 valence electrons. The zero-order chi connectivity index (χ0) is 15.8. The summed E-state index contributed by atoms with van der Waals surface area (Å²) in [6, 6.07) is -0.268. The van der Waals surface area contributed by atoms with E-state index in [1.165, 1.54) is 17.9 Å². The van der Waals surface area contributed by atoms with Gasteiger partial charge < -0.3 is 20.2 Å². The number of nitrogens with zero attached hydrogens (tertiary/aromatic N) is 2. The highest BCUT2D eigenvalue weighted by Gasteiger charge is 2.26. The molecular weight excluding hydrogens is 274 g/mol. The van der Waals surface area contributed by atoms with Crippen LogP contribution in [-0.2, 0) is 9.59 Å². The molecule has 0 radical (unpaired) electrons. The molecule has 1 fully saturated rings. The molecule has 0 aromatic rings. The lowest BCUT2D eigenvalue weighted by molar-refractivity contribution is -0.137. The van der Waals surface area contributed by atoms with Crippen LogP contribution >= 0.6 is 0 Å². The topological polar surface area (TPSA) is 90.0 Å². The number of carboxylic acids is 1. The summed E-state index contributed by atoms with van der Waals surface area (Å²) in [6.07, 6.45) is 3.13. The van der Waals surface area contributed by atoms with Crippen molar-refractivity contribution in [3.05, 3.63) is 12.7 Å². The molecule has 2 N–H and O–H groups in total. The predicted octanol–water partition coefficient (Wildman–Crippen LogP) is 0.527. The molecule has 0 saturated carbocycles. The van der Waals surface area contributed by atoms with Crippen molar-refractivity contribution >= 4 is 17.9 Å². The normalized spacial score (nSPS) is 15.4. The van der Waals surface area contributed by atoms with Crippen molar-refractivity contribution in [2.45, 2.75) is 19.8 Å². The molecule has 7 nitrogen and oxygen atoms in total. The summed E-state index contributed by atoms with van der Waals surface area (Å²) < 4.78 is 0. The summed E-state index contributed by atoms with van der Waals surface area (Å²) in [4.78, 5) is 36.9. The van der Waals surface area contributed by atoms with E-state index >= 15 is 0 Å². The van der Waals surface area contributed by atoms with E-state index in [4.69, 9.17) is 5.11 Å². The number of carbonyl (C=O) groups is 3. The van der Waals surface area contributed by atoms with Crippen LogP contribution in [0.5, 0.6) is 0 Å². The van der Waals surface area contributed by atoms with Crippen LogP contribution in [0.25, 0.3) is 0 Å². The maximum atomic E-state index is 12.3. The Morgan fingerprint density at radius 1 is 1.38 bits per heavy atom. The molecule has 21 heavy (non-hydrogen) atoms. The third kappa shape index (κ3) is 5.85. The fraction of sp³-hybridized carbons (Fsp3) is 0.643. The maximum Gasteiger partial charge on any atom is 0.323 e. The Hall–Kier alpha value is -2.05. The number of hydrogen-bond acceptors (Lipinski definition) is 3. The highest BCUT2D eigenvalue weighted by atomic mass is 16.4. The number of rotatable bonds is 6. The second-order valence-corrected chi connectivity index (χ2v) is 5.21. The Balaban J connectivity index is 2.47. The van der Waals surface area contributed by atoms with Gasteiger partial charge in [0.2, 0.25) is 5.91 Å². The van der Waals surface area contributed by atoms with E-state index in [0.29, 0.717) is 25.6 Å². The zero-order valence-corrected chi connectivity index (χ0v) is 12.4. The summed E-state index contributed by atoms with van der Waals surface area (Å²) in [5, 5.41) is 11.6. The standard InChI is InChI=1S/C14H23N3O4/c1-3-6-17(10-13(19)20)14(21)16-7-4-12(5-8-16)9-15-11(2)18/h3,12H,1,4-10H2,2H3,(H,15,18)(H,19,20). The van der Waals surface area contributed by atoms with Gasteiger partial charge in [-0.05, 0) is 18.8 Å². The van der Waals surface area contributed by atoms with Crippen molar-refractivity contribution in [2.75, 3.05) is 32.7 Å². The molecule has 3 amide bonds. The number of piperidine rings is 1. The number of carboxylic acid groups (broad SMARTS) is 1. The van der Waals surface area contributed by atoms with Gasteiger partial charge in [-0.1, -0.05) is 6.08 Å². The molecule has 0 bridgehead atoms. The first-order valence-corrected chi connectivity index (χ1v) is 7.05. The highest BCUT2D eigenvalue weighted by molar-refractivity contribution is 5.80. The Labute approximate surface area is 124 Å². The van der Waals surface area contributed by atoms with Crippen molar-refractivity contribution < 1.29 is 19.5 Å². The van der Waals surface area contributed by atoms with Crippen molar-refractivity contribution in [3.63, 3.8) is 0 Å². The van der Waals surface area contributed by atoms with Gasteiger partial charge in [0.05, 0.1) is 0 Å². The van der Waals surface area contributed by atoms with Crippen molar-refractivity contribution in [2.24, 2.45) is 5.92 Å². The molecule has 1 aliphatic heterocycles. The molecule has 1 rings (SSSR count). The minimum atomic E-state index is -1.04. The van der Waals surface area contributed by atoms with Gasteiger partial charge in [0.1, 0.15) is 6.54 Å². The second-order valence-electron chi connectivity index (χ2n) is 5.21. The quantitative estimate of drug-likeness (QED) is 0.700. The third-order valence-electron chi connectivity index (χ3n) is 3.47. The van der Waals surface area contributed by atoms with Crippen LogP contribution in [0.4, 0.5) is 4.79 Å². The average molecular weight is 297 g/mol. The van der Waals surface area contributed by atoms with Crippen molar-refractivity contribution in [3.8, 4) is 0 Å². The van der Waals surface area contributed by atoms with Crippen LogP contribution in [0.3, 0.4) is 0 Å². The third-order valence-corrected chi connectivity index (χ3v) is 3.47. The lowest BCUT2D eigenvalue weighted by Gasteiger charge is -2.35. The minimum Gasteiger partial charge on any atom is -0.480 e. The zero-order valence-electron chi connectivity index (χ0n) is 12.4. The summed E-state index contributed by atoms with van der Waals surface area (Å²) in [7, 11) is 0. The van der Waals surface area contributed by atoms with Gasteiger partial charge in [-0.25, -0.2) is 4.79 Å². The number of carbonyl (C=O) groups excluding carboxylic acids is 2. The monoisotopic (exact) mass is 297 g/mol. The van der Waals surface area contributed by atoms with Gasteiger partial charge in [-0.3, -0.25) is 9.59 Å². The van der Waals surface area contributed by atoms with E-state index in [1.807, 2.05) is 0 Å². The summed E-state index contributed by atoms with van der Waals surface area (Å²) >= 11 is 0. The Kier molecular flexibility index (Phi) is 6.71. The van der Waals surface area contributed by atoms with Crippen LogP contribution < -0.4 is 5.32 Å². The highest BCUT2D eigenvalue weighted by Crippen LogP contribution is 2.17. The Morgan fingerprint density at radius 3 is 2.48 bits per heavy atom. The number of aliphatic carboxylic acids is 1. The van der Waals surface area contributed by atoms with E-state index in [2.05, 4.69) is 11.9 Å². The molecule has 1 heterocycles. The molecule has 1 aliphatic rings. The number of hydrogen-bond donors (Lipinski definition) is 2. The van der Waals surface area contributed by atoms with Crippen LogP contribution in [0.1, 0.15) is 19.8 Å². The van der Waals surface area contributed by atoms with E-state index < -0.39 is 5.97 Å². The molecule has 0 unspecified atom stereocenters. The summed E-state index contributed by atoms with van der Waals surface area (Å²) in [5.74, 6) is -0.719. The second kappa shape index (κ2) is 8.28. The SMILES string of the molecule is C=CCN(CC(=O)O)C(=O)N1CCC(CNC(C)=O)CC1. The minimum absolute atomic E-state index is 0.0490. The maximum absolute atomic E-state index is 12.3. The predicted molar refractivity (Wildman–Crippen MR) is 77.8 cm³/mol. The van der Waals surface area contributed by atoms with Gasteiger partial charge in [0.15, 0.2) is 0 Å². The van der Waals surface area contributed by atoms with Crippen LogP contribution in [0.2, 0.25) is 0 Å². The fourth-order valence-electron chi connectivity index (χ4n) is 2.35. The van der Waals surface area contributed by atoms with E-state index in [-0.39, 0.29) is 25.0 Å². The van der Waals surface area contributed by atoms with Gasteiger partial charge in [-0.15, -0.1) is 6.58 Å². The van der Waals surface area contributed by atoms with Crippen LogP contribution in [0.15, 0.2) is 12.7 Å². The van der Waals surface area contributed by atoms with Gasteiger partial charge in [-0.2, -0.15) is 0 Å². The average Bonchev–Trinajstić information content (AvgIpc) is 2.44. The van der Waals surface area contributed by atoms with Crippen molar-refractivity contribution in [1.82, 2.24) is 15.1 Å². The first kappa shape index (κ1) is 17.0. The largest absolute Gasteiger partial charge is 0.480 e. The number of amides is 3. The Bertz CT molecular complexity index is 403. The first-order chi connectivity index (χ1) is 9.93. The first-order valence-electron chi connectivity index (χ1n) is 7.05. The van der Waals surface area contributed by atoms with Gasteiger partial charge in [0, 0.05) is 33.1 Å². The van der Waals surface area contributed by atoms with Crippen LogP contribution in [0, 0.1) is 5.92 Å².